The first-order chi connectivity index (χ1) is 8.56. The monoisotopic (exact) mass is 326 g/mol. The first kappa shape index (κ1) is 12.9. The molecule has 1 aromatic carbocycles. The predicted molar refractivity (Wildman–Crippen MR) is 73.6 cm³/mol. The number of rotatable bonds is 3. The Bertz CT molecular complexity index is 604. The molecule has 0 fully saturated rings. The van der Waals surface area contributed by atoms with Crippen molar-refractivity contribution in [3.63, 3.8) is 0 Å². The van der Waals surface area contributed by atoms with E-state index in [0.717, 1.165) is 10.2 Å². The maximum atomic E-state index is 10.9. The number of nitrogens with one attached hydrogen (secondary N) is 1. The molecule has 6 heteroatoms. The number of carbonyl (C=O) groups is 1. The van der Waals surface area contributed by atoms with Crippen molar-refractivity contribution in [3.05, 3.63) is 51.6 Å². The molecule has 4 nitrogen and oxygen atoms in total. The van der Waals surface area contributed by atoms with Crippen LogP contribution in [-0.4, -0.2) is 16.1 Å². The SMILES string of the molecule is O=C(O)c1cc(Nc2cccc(Br)c2)ncc1Cl. The molecule has 0 unspecified atom stereocenters. The lowest BCUT2D eigenvalue weighted by Crippen LogP contribution is -2.01. The van der Waals surface area contributed by atoms with E-state index in [4.69, 9.17) is 16.7 Å². The van der Waals surface area contributed by atoms with Crippen LogP contribution < -0.4 is 5.32 Å². The number of carboxylic acid groups (broad SMARTS) is 1. The third kappa shape index (κ3) is 3.00. The number of nitrogens with zero attached hydrogens (tertiary/aromatic N) is 1. The average Bonchev–Trinajstić information content (AvgIpc) is 2.31. The number of hydrogen-bond donors (Lipinski definition) is 2. The number of aromatic carboxylic acids is 1. The number of anilines is 2. The Morgan fingerprint density at radius 2 is 2.17 bits per heavy atom. The molecule has 2 aromatic rings. The van der Waals surface area contributed by atoms with Crippen LogP contribution in [0.15, 0.2) is 41.0 Å². The zero-order valence-electron chi connectivity index (χ0n) is 9.02. The van der Waals surface area contributed by atoms with Crippen LogP contribution in [0.1, 0.15) is 10.4 Å². The van der Waals surface area contributed by atoms with E-state index in [0.29, 0.717) is 5.82 Å². The summed E-state index contributed by atoms with van der Waals surface area (Å²) in [5.41, 5.74) is 0.819. The van der Waals surface area contributed by atoms with Gasteiger partial charge in [-0.05, 0) is 24.3 Å². The van der Waals surface area contributed by atoms with Gasteiger partial charge in [0.1, 0.15) is 5.82 Å². The van der Waals surface area contributed by atoms with E-state index in [1.165, 1.54) is 12.3 Å². The molecule has 18 heavy (non-hydrogen) atoms. The Balaban J connectivity index is 2.30. The summed E-state index contributed by atoms with van der Waals surface area (Å²) in [6.45, 7) is 0. The minimum Gasteiger partial charge on any atom is -0.478 e. The molecule has 92 valence electrons. The van der Waals surface area contributed by atoms with E-state index in [-0.39, 0.29) is 10.6 Å². The molecule has 0 aliphatic rings. The minimum atomic E-state index is -1.08. The Kier molecular flexibility index (Phi) is 3.84. The molecule has 0 bridgehead atoms. The van der Waals surface area contributed by atoms with E-state index < -0.39 is 5.97 Å². The van der Waals surface area contributed by atoms with Crippen LogP contribution in [0.3, 0.4) is 0 Å². The molecule has 0 saturated carbocycles. The topological polar surface area (TPSA) is 62.2 Å². The Morgan fingerprint density at radius 3 is 2.83 bits per heavy atom. The van der Waals surface area contributed by atoms with Gasteiger partial charge in [0.2, 0.25) is 0 Å². The second-order valence-electron chi connectivity index (χ2n) is 3.49. The molecule has 0 atom stereocenters. The molecule has 2 rings (SSSR count). The van der Waals surface area contributed by atoms with Crippen molar-refractivity contribution in [3.8, 4) is 0 Å². The van der Waals surface area contributed by atoms with Crippen molar-refractivity contribution in [2.24, 2.45) is 0 Å². The maximum Gasteiger partial charge on any atom is 0.337 e. The second kappa shape index (κ2) is 5.37. The lowest BCUT2D eigenvalue weighted by molar-refractivity contribution is 0.0697. The quantitative estimate of drug-likeness (QED) is 0.896. The van der Waals surface area contributed by atoms with Crippen molar-refractivity contribution < 1.29 is 9.90 Å². The zero-order valence-corrected chi connectivity index (χ0v) is 11.4. The number of halogens is 2. The number of carboxylic acids is 1. The lowest BCUT2D eigenvalue weighted by Gasteiger charge is -2.07. The molecule has 1 aromatic heterocycles. The van der Waals surface area contributed by atoms with Crippen LogP contribution in [-0.2, 0) is 0 Å². The smallest absolute Gasteiger partial charge is 0.337 e. The van der Waals surface area contributed by atoms with E-state index >= 15 is 0 Å². The number of aromatic nitrogens is 1. The molecule has 0 radical (unpaired) electrons. The van der Waals surface area contributed by atoms with Gasteiger partial charge in [-0.25, -0.2) is 9.78 Å². The van der Waals surface area contributed by atoms with Crippen molar-refractivity contribution in [2.45, 2.75) is 0 Å². The summed E-state index contributed by atoms with van der Waals surface area (Å²) < 4.78 is 0.917. The summed E-state index contributed by atoms with van der Waals surface area (Å²) in [7, 11) is 0. The van der Waals surface area contributed by atoms with E-state index in [2.05, 4.69) is 26.2 Å². The molecule has 2 N–H and O–H groups in total. The third-order valence-electron chi connectivity index (χ3n) is 2.18. The van der Waals surface area contributed by atoms with Crippen LogP contribution >= 0.6 is 27.5 Å². The predicted octanol–water partition coefficient (Wildman–Crippen LogP) is 3.94. The van der Waals surface area contributed by atoms with E-state index in [1.54, 1.807) is 0 Å². The summed E-state index contributed by atoms with van der Waals surface area (Å²) in [4.78, 5) is 15.0. The number of benzene rings is 1. The molecule has 0 saturated heterocycles. The summed E-state index contributed by atoms with van der Waals surface area (Å²) in [5, 5.41) is 12.1. The Labute approximate surface area is 117 Å². The fourth-order valence-corrected chi connectivity index (χ4v) is 1.97. The Morgan fingerprint density at radius 1 is 1.39 bits per heavy atom. The van der Waals surface area contributed by atoms with Gasteiger partial charge in [-0.15, -0.1) is 0 Å². The van der Waals surface area contributed by atoms with Gasteiger partial charge in [0.15, 0.2) is 0 Å². The standard InChI is InChI=1S/C12H8BrClN2O2/c13-7-2-1-3-8(4-7)16-11-5-9(12(17)18)10(14)6-15-11/h1-6H,(H,15,16)(H,17,18). The first-order valence-corrected chi connectivity index (χ1v) is 6.15. The van der Waals surface area contributed by atoms with Crippen LogP contribution in [0.5, 0.6) is 0 Å². The molecule has 0 amide bonds. The Hall–Kier alpha value is -1.59. The van der Waals surface area contributed by atoms with Crippen LogP contribution in [0.4, 0.5) is 11.5 Å². The van der Waals surface area contributed by atoms with Crippen LogP contribution in [0.2, 0.25) is 5.02 Å². The highest BCUT2D eigenvalue weighted by molar-refractivity contribution is 9.10. The summed E-state index contributed by atoms with van der Waals surface area (Å²) in [6.07, 6.45) is 1.31. The average molecular weight is 328 g/mol. The summed E-state index contributed by atoms with van der Waals surface area (Å²) in [5.74, 6) is -0.658. The molecule has 0 aliphatic heterocycles. The fraction of sp³-hybridized carbons (Fsp3) is 0. The van der Waals surface area contributed by atoms with Gasteiger partial charge in [-0.3, -0.25) is 0 Å². The van der Waals surface area contributed by atoms with E-state index in [1.807, 2.05) is 24.3 Å². The van der Waals surface area contributed by atoms with Gasteiger partial charge < -0.3 is 10.4 Å². The van der Waals surface area contributed by atoms with Gasteiger partial charge in [0.25, 0.3) is 0 Å². The molecular weight excluding hydrogens is 320 g/mol. The summed E-state index contributed by atoms with van der Waals surface area (Å²) in [6, 6.07) is 8.85. The van der Waals surface area contributed by atoms with Crippen molar-refractivity contribution in [2.75, 3.05) is 5.32 Å². The van der Waals surface area contributed by atoms with Gasteiger partial charge in [0, 0.05) is 16.4 Å². The molecule has 0 aliphatic carbocycles. The normalized spacial score (nSPS) is 10.1. The van der Waals surface area contributed by atoms with Crippen LogP contribution in [0.25, 0.3) is 0 Å². The first-order valence-electron chi connectivity index (χ1n) is 4.97. The van der Waals surface area contributed by atoms with Gasteiger partial charge in [-0.2, -0.15) is 0 Å². The van der Waals surface area contributed by atoms with Gasteiger partial charge >= 0.3 is 5.97 Å². The number of pyridine rings is 1. The third-order valence-corrected chi connectivity index (χ3v) is 2.98. The second-order valence-corrected chi connectivity index (χ2v) is 4.81. The van der Waals surface area contributed by atoms with Crippen molar-refractivity contribution in [1.29, 1.82) is 0 Å². The fourth-order valence-electron chi connectivity index (χ4n) is 1.39. The van der Waals surface area contributed by atoms with Gasteiger partial charge in [-0.1, -0.05) is 33.6 Å². The molecule has 1 heterocycles. The minimum absolute atomic E-state index is 0.0177. The van der Waals surface area contributed by atoms with Crippen LogP contribution in [0, 0.1) is 0 Å². The van der Waals surface area contributed by atoms with E-state index in [9.17, 15) is 4.79 Å². The maximum absolute atomic E-state index is 10.9. The van der Waals surface area contributed by atoms with Crippen molar-refractivity contribution >= 4 is 45.0 Å². The molecular formula is C12H8BrClN2O2. The lowest BCUT2D eigenvalue weighted by atomic mass is 10.2. The highest BCUT2D eigenvalue weighted by atomic mass is 79.9. The zero-order chi connectivity index (χ0) is 13.1. The largest absolute Gasteiger partial charge is 0.478 e. The highest BCUT2D eigenvalue weighted by Gasteiger charge is 2.10. The molecule has 0 spiro atoms. The highest BCUT2D eigenvalue weighted by Crippen LogP contribution is 2.22. The van der Waals surface area contributed by atoms with Crippen molar-refractivity contribution in [1.82, 2.24) is 4.98 Å². The number of hydrogen-bond acceptors (Lipinski definition) is 3. The van der Waals surface area contributed by atoms with Gasteiger partial charge in [0.05, 0.1) is 10.6 Å². The summed E-state index contributed by atoms with van der Waals surface area (Å²) >= 11 is 9.09.